The Hall–Kier alpha value is -3.51. The predicted molar refractivity (Wildman–Crippen MR) is 132 cm³/mol. The van der Waals surface area contributed by atoms with Gasteiger partial charge in [0.1, 0.15) is 5.82 Å². The van der Waals surface area contributed by atoms with Crippen molar-refractivity contribution in [2.24, 2.45) is 0 Å². The van der Waals surface area contributed by atoms with Crippen LogP contribution >= 0.6 is 15.9 Å². The molecule has 0 saturated carbocycles. The van der Waals surface area contributed by atoms with E-state index in [-0.39, 0.29) is 11.5 Å². The molecule has 0 aliphatic carbocycles. The number of carbonyl (C=O) groups is 1. The number of anilines is 1. The van der Waals surface area contributed by atoms with Gasteiger partial charge in [0.2, 0.25) is 0 Å². The molecule has 0 spiro atoms. The van der Waals surface area contributed by atoms with E-state index >= 15 is 0 Å². The zero-order valence-corrected chi connectivity index (χ0v) is 19.3. The molecular formula is C26H20BrN3O2. The summed E-state index contributed by atoms with van der Waals surface area (Å²) in [5, 5.41) is 0.534. The molecule has 158 valence electrons. The van der Waals surface area contributed by atoms with Crippen molar-refractivity contribution in [1.29, 1.82) is 0 Å². The number of benzene rings is 3. The number of para-hydroxylation sites is 1. The minimum Gasteiger partial charge on any atom is -0.308 e. The first-order valence-electron chi connectivity index (χ1n) is 10.4. The van der Waals surface area contributed by atoms with E-state index in [4.69, 9.17) is 4.98 Å². The first kappa shape index (κ1) is 20.4. The van der Waals surface area contributed by atoms with Gasteiger partial charge >= 0.3 is 0 Å². The third-order valence-corrected chi connectivity index (χ3v) is 6.19. The van der Waals surface area contributed by atoms with E-state index in [1.165, 1.54) is 0 Å². The molecule has 1 aromatic heterocycles. The summed E-state index contributed by atoms with van der Waals surface area (Å²) in [7, 11) is 0. The largest absolute Gasteiger partial charge is 0.308 e. The zero-order valence-electron chi connectivity index (χ0n) is 17.7. The van der Waals surface area contributed by atoms with Crippen LogP contribution in [-0.2, 0) is 4.79 Å². The highest BCUT2D eigenvalue weighted by Crippen LogP contribution is 2.39. The van der Waals surface area contributed by atoms with Crippen LogP contribution in [0.2, 0.25) is 0 Å². The number of likely N-dealkylation sites (N-methyl/N-ethyl adjacent to an activating group) is 1. The van der Waals surface area contributed by atoms with Gasteiger partial charge in [-0.25, -0.2) is 4.98 Å². The summed E-state index contributed by atoms with van der Waals surface area (Å²) in [6.45, 7) is 4.50. The maximum absolute atomic E-state index is 13.5. The molecule has 1 aliphatic rings. The topological polar surface area (TPSA) is 55.2 Å². The molecule has 0 fully saturated rings. The Balaban J connectivity index is 1.82. The second kappa shape index (κ2) is 7.88. The lowest BCUT2D eigenvalue weighted by Crippen LogP contribution is -2.26. The summed E-state index contributed by atoms with van der Waals surface area (Å²) in [6.07, 6.45) is 1.73. The van der Waals surface area contributed by atoms with Crippen molar-refractivity contribution in [1.82, 2.24) is 9.55 Å². The smallest absolute Gasteiger partial charge is 0.266 e. The van der Waals surface area contributed by atoms with Gasteiger partial charge in [0.15, 0.2) is 0 Å². The molecule has 6 heteroatoms. The number of rotatable bonds is 3. The standard InChI is InChI=1S/C26H20BrN3O2/c1-3-29-23-13-10-17(27)14-20(23)21(25(29)31)15-24-28-22-7-5-4-6-19(22)26(32)30(24)18-11-8-16(2)9-12-18/h4-15H,3H2,1-2H3/b21-15-. The molecular weight excluding hydrogens is 466 g/mol. The van der Waals surface area contributed by atoms with Crippen LogP contribution in [0.4, 0.5) is 5.69 Å². The van der Waals surface area contributed by atoms with E-state index in [0.29, 0.717) is 34.5 Å². The molecule has 0 saturated heterocycles. The van der Waals surface area contributed by atoms with Crippen LogP contribution in [0.1, 0.15) is 23.9 Å². The maximum Gasteiger partial charge on any atom is 0.266 e. The number of hydrogen-bond acceptors (Lipinski definition) is 3. The van der Waals surface area contributed by atoms with Gasteiger partial charge in [-0.15, -0.1) is 0 Å². The lowest BCUT2D eigenvalue weighted by molar-refractivity contribution is -0.112. The number of aryl methyl sites for hydroxylation is 1. The summed E-state index contributed by atoms with van der Waals surface area (Å²) in [4.78, 5) is 33.3. The summed E-state index contributed by atoms with van der Waals surface area (Å²) in [5.41, 5.74) is 4.43. The highest BCUT2D eigenvalue weighted by atomic mass is 79.9. The highest BCUT2D eigenvalue weighted by molar-refractivity contribution is 9.10. The van der Waals surface area contributed by atoms with Gasteiger partial charge in [0.25, 0.3) is 11.5 Å². The van der Waals surface area contributed by atoms with Crippen molar-refractivity contribution in [3.63, 3.8) is 0 Å². The first-order chi connectivity index (χ1) is 15.5. The molecule has 32 heavy (non-hydrogen) atoms. The first-order valence-corrected chi connectivity index (χ1v) is 11.2. The molecule has 0 N–H and O–H groups in total. The van der Waals surface area contributed by atoms with Crippen LogP contribution in [0, 0.1) is 6.92 Å². The predicted octanol–water partition coefficient (Wildman–Crippen LogP) is 5.36. The van der Waals surface area contributed by atoms with Crippen LogP contribution < -0.4 is 10.5 Å². The van der Waals surface area contributed by atoms with Crippen molar-refractivity contribution in [3.05, 3.63) is 98.5 Å². The van der Waals surface area contributed by atoms with Crippen LogP contribution in [0.25, 0.3) is 28.2 Å². The van der Waals surface area contributed by atoms with Crippen molar-refractivity contribution < 1.29 is 4.79 Å². The van der Waals surface area contributed by atoms with E-state index in [2.05, 4.69) is 15.9 Å². The Morgan fingerprint density at radius 2 is 1.75 bits per heavy atom. The average molecular weight is 486 g/mol. The van der Waals surface area contributed by atoms with Gasteiger partial charge in [0.05, 0.1) is 27.9 Å². The molecule has 0 unspecified atom stereocenters. The summed E-state index contributed by atoms with van der Waals surface area (Å²) >= 11 is 3.51. The number of carbonyl (C=O) groups excluding carboxylic acids is 1. The fourth-order valence-electron chi connectivity index (χ4n) is 4.10. The fourth-order valence-corrected chi connectivity index (χ4v) is 4.46. The Labute approximate surface area is 193 Å². The molecule has 0 radical (unpaired) electrons. The zero-order chi connectivity index (χ0) is 22.4. The van der Waals surface area contributed by atoms with Crippen LogP contribution in [0.15, 0.2) is 76.0 Å². The molecule has 0 bridgehead atoms. The number of amides is 1. The Morgan fingerprint density at radius 3 is 2.50 bits per heavy atom. The number of hydrogen-bond donors (Lipinski definition) is 0. The molecule has 5 nitrogen and oxygen atoms in total. The normalized spacial score (nSPS) is 14.4. The van der Waals surface area contributed by atoms with Crippen molar-refractivity contribution in [3.8, 4) is 5.69 Å². The number of fused-ring (bicyclic) bond motifs is 2. The third kappa shape index (κ3) is 3.28. The molecule has 3 aromatic carbocycles. The average Bonchev–Trinajstić information content (AvgIpc) is 3.05. The molecule has 1 aliphatic heterocycles. The Kier molecular flexibility index (Phi) is 5.02. The third-order valence-electron chi connectivity index (χ3n) is 5.70. The van der Waals surface area contributed by atoms with E-state index in [9.17, 15) is 9.59 Å². The SMILES string of the molecule is CCN1C(=O)/C(=C\c2nc3ccccc3c(=O)n2-c2ccc(C)cc2)c2cc(Br)ccc21. The highest BCUT2D eigenvalue weighted by Gasteiger charge is 2.32. The second-order valence-corrected chi connectivity index (χ2v) is 8.65. The van der Waals surface area contributed by atoms with Crippen LogP contribution in [0.3, 0.4) is 0 Å². The number of halogens is 1. The number of aromatic nitrogens is 2. The van der Waals surface area contributed by atoms with Crippen molar-refractivity contribution in [2.75, 3.05) is 11.4 Å². The quantitative estimate of drug-likeness (QED) is 0.366. The monoisotopic (exact) mass is 485 g/mol. The van der Waals surface area contributed by atoms with Crippen molar-refractivity contribution in [2.45, 2.75) is 13.8 Å². The van der Waals surface area contributed by atoms with Gasteiger partial charge in [-0.1, -0.05) is 45.8 Å². The van der Waals surface area contributed by atoms with Gasteiger partial charge in [-0.05, 0) is 62.4 Å². The van der Waals surface area contributed by atoms with Crippen LogP contribution in [-0.4, -0.2) is 22.0 Å². The summed E-state index contributed by atoms with van der Waals surface area (Å²) < 4.78 is 2.46. The maximum atomic E-state index is 13.5. The van der Waals surface area contributed by atoms with E-state index in [0.717, 1.165) is 21.3 Å². The molecule has 4 aromatic rings. The van der Waals surface area contributed by atoms with E-state index < -0.39 is 0 Å². The Bertz CT molecular complexity index is 1470. The van der Waals surface area contributed by atoms with E-state index in [1.807, 2.05) is 74.5 Å². The molecule has 1 amide bonds. The summed E-state index contributed by atoms with van der Waals surface area (Å²) in [5.74, 6) is 0.322. The minimum absolute atomic E-state index is 0.0986. The minimum atomic E-state index is -0.168. The second-order valence-electron chi connectivity index (χ2n) is 7.73. The summed E-state index contributed by atoms with van der Waals surface area (Å²) in [6, 6.07) is 20.8. The van der Waals surface area contributed by atoms with Gasteiger partial charge < -0.3 is 4.90 Å². The van der Waals surface area contributed by atoms with Crippen LogP contribution in [0.5, 0.6) is 0 Å². The van der Waals surface area contributed by atoms with Gasteiger partial charge in [-0.2, -0.15) is 0 Å². The molecule has 0 atom stereocenters. The lowest BCUT2D eigenvalue weighted by Gasteiger charge is -2.14. The van der Waals surface area contributed by atoms with E-state index in [1.54, 1.807) is 21.6 Å². The lowest BCUT2D eigenvalue weighted by atomic mass is 10.1. The molecule has 5 rings (SSSR count). The van der Waals surface area contributed by atoms with Crippen molar-refractivity contribution >= 4 is 50.1 Å². The Morgan fingerprint density at radius 1 is 1.00 bits per heavy atom. The fraction of sp³-hybridized carbons (Fsp3) is 0.115. The molecule has 2 heterocycles. The number of nitrogens with zero attached hydrogens (tertiary/aromatic N) is 3. The van der Waals surface area contributed by atoms with Gasteiger partial charge in [0, 0.05) is 16.6 Å². The van der Waals surface area contributed by atoms with Gasteiger partial charge in [-0.3, -0.25) is 14.2 Å².